The van der Waals surface area contributed by atoms with E-state index in [0.29, 0.717) is 13.0 Å². The number of nitro benzene ring substituents is 1. The van der Waals surface area contributed by atoms with E-state index >= 15 is 0 Å². The molecule has 3 rings (SSSR count). The summed E-state index contributed by atoms with van der Waals surface area (Å²) in [5.41, 5.74) is 1.85. The third kappa shape index (κ3) is 4.35. The average Bonchev–Trinajstić information content (AvgIpc) is 2.74. The maximum absolute atomic E-state index is 13.2. The van der Waals surface area contributed by atoms with Crippen LogP contribution >= 0.6 is 0 Å². The van der Waals surface area contributed by atoms with Crippen LogP contribution in [0.15, 0.2) is 78.9 Å². The van der Waals surface area contributed by atoms with Gasteiger partial charge in [0.1, 0.15) is 0 Å². The highest BCUT2D eigenvalue weighted by Crippen LogP contribution is 2.29. The van der Waals surface area contributed by atoms with Crippen molar-refractivity contribution in [3.63, 3.8) is 0 Å². The van der Waals surface area contributed by atoms with Gasteiger partial charge < -0.3 is 9.64 Å². The van der Waals surface area contributed by atoms with Crippen molar-refractivity contribution >= 4 is 17.3 Å². The van der Waals surface area contributed by atoms with Crippen LogP contribution in [0.25, 0.3) is 0 Å². The normalized spacial score (nSPS) is 10.3. The minimum Gasteiger partial charge on any atom is -0.490 e. The van der Waals surface area contributed by atoms with Gasteiger partial charge in [-0.2, -0.15) is 0 Å². The summed E-state index contributed by atoms with van der Waals surface area (Å²) < 4.78 is 5.03. The van der Waals surface area contributed by atoms with Crippen molar-refractivity contribution in [2.75, 3.05) is 18.6 Å². The van der Waals surface area contributed by atoms with Crippen molar-refractivity contribution in [3.05, 3.63) is 100 Å². The summed E-state index contributed by atoms with van der Waals surface area (Å²) in [6, 6.07) is 23.4. The first-order valence-corrected chi connectivity index (χ1v) is 8.83. The van der Waals surface area contributed by atoms with Gasteiger partial charge in [0.05, 0.1) is 12.0 Å². The minimum absolute atomic E-state index is 0.122. The first-order valence-electron chi connectivity index (χ1n) is 8.83. The number of amides is 1. The maximum atomic E-state index is 13.2. The highest BCUT2D eigenvalue weighted by molar-refractivity contribution is 6.06. The Morgan fingerprint density at radius 1 is 1.00 bits per heavy atom. The van der Waals surface area contributed by atoms with E-state index in [9.17, 15) is 14.9 Å². The van der Waals surface area contributed by atoms with Gasteiger partial charge in [0.2, 0.25) is 0 Å². The van der Waals surface area contributed by atoms with E-state index in [1.807, 2.05) is 60.7 Å². The van der Waals surface area contributed by atoms with Gasteiger partial charge >= 0.3 is 5.69 Å². The lowest BCUT2D eigenvalue weighted by Gasteiger charge is -2.23. The maximum Gasteiger partial charge on any atom is 0.311 e. The summed E-state index contributed by atoms with van der Waals surface area (Å²) in [4.78, 5) is 25.6. The number of methoxy groups -OCH3 is 1. The number of ether oxygens (including phenoxy) is 1. The van der Waals surface area contributed by atoms with Crippen LogP contribution in [-0.2, 0) is 6.42 Å². The molecule has 0 aliphatic rings. The molecule has 0 saturated heterocycles. The zero-order valence-corrected chi connectivity index (χ0v) is 15.4. The number of anilines is 1. The molecular weight excluding hydrogens is 356 g/mol. The smallest absolute Gasteiger partial charge is 0.311 e. The van der Waals surface area contributed by atoms with Gasteiger partial charge in [0.25, 0.3) is 5.91 Å². The van der Waals surface area contributed by atoms with Crippen LogP contribution < -0.4 is 9.64 Å². The Hall–Kier alpha value is -3.67. The Bertz CT molecular complexity index is 959. The predicted molar refractivity (Wildman–Crippen MR) is 108 cm³/mol. The molecule has 3 aromatic carbocycles. The van der Waals surface area contributed by atoms with Crippen molar-refractivity contribution in [2.45, 2.75) is 6.42 Å². The summed E-state index contributed by atoms with van der Waals surface area (Å²) in [7, 11) is 1.36. The number of nitrogens with zero attached hydrogens (tertiary/aromatic N) is 2. The Labute approximate surface area is 163 Å². The van der Waals surface area contributed by atoms with Gasteiger partial charge in [-0.05, 0) is 36.2 Å². The van der Waals surface area contributed by atoms with Crippen molar-refractivity contribution in [3.8, 4) is 5.75 Å². The van der Waals surface area contributed by atoms with Crippen molar-refractivity contribution in [1.29, 1.82) is 0 Å². The van der Waals surface area contributed by atoms with E-state index in [1.54, 1.807) is 11.0 Å². The lowest BCUT2D eigenvalue weighted by molar-refractivity contribution is -0.385. The molecule has 0 aliphatic heterocycles. The standard InChI is InChI=1S/C22H20N2O4/c1-28-21-13-12-18(16-20(21)24(26)27)22(25)23(19-10-6-3-7-11-19)15-14-17-8-4-2-5-9-17/h2-13,16H,14-15H2,1H3. The number of benzene rings is 3. The number of rotatable bonds is 7. The molecule has 0 saturated carbocycles. The number of carbonyl (C=O) groups is 1. The Kier molecular flexibility index (Phi) is 6.01. The number of carbonyl (C=O) groups excluding carboxylic acids is 1. The Balaban J connectivity index is 1.92. The van der Waals surface area contributed by atoms with E-state index in [4.69, 9.17) is 4.74 Å². The largest absolute Gasteiger partial charge is 0.490 e. The molecule has 6 heteroatoms. The second-order valence-electron chi connectivity index (χ2n) is 6.17. The van der Waals surface area contributed by atoms with Gasteiger partial charge in [-0.15, -0.1) is 0 Å². The molecule has 142 valence electrons. The summed E-state index contributed by atoms with van der Waals surface area (Å²) in [6.45, 7) is 0.451. The van der Waals surface area contributed by atoms with Crippen LogP contribution in [0, 0.1) is 10.1 Å². The van der Waals surface area contributed by atoms with Crippen molar-refractivity contribution in [1.82, 2.24) is 0 Å². The molecule has 1 amide bonds. The third-order valence-corrected chi connectivity index (χ3v) is 4.40. The molecule has 0 aromatic heterocycles. The first kappa shape index (κ1) is 19.1. The van der Waals surface area contributed by atoms with Crippen LogP contribution in [0.1, 0.15) is 15.9 Å². The van der Waals surface area contributed by atoms with E-state index in [1.165, 1.54) is 19.2 Å². The summed E-state index contributed by atoms with van der Waals surface area (Å²) >= 11 is 0. The summed E-state index contributed by atoms with van der Waals surface area (Å²) in [5, 5.41) is 11.3. The SMILES string of the molecule is COc1ccc(C(=O)N(CCc2ccccc2)c2ccccc2)cc1[N+](=O)[O-]. The van der Waals surface area contributed by atoms with Gasteiger partial charge in [0, 0.05) is 23.9 Å². The van der Waals surface area contributed by atoms with Crippen LogP contribution in [0.4, 0.5) is 11.4 Å². The van der Waals surface area contributed by atoms with Crippen LogP contribution in [0.3, 0.4) is 0 Å². The fraction of sp³-hybridized carbons (Fsp3) is 0.136. The molecule has 0 spiro atoms. The fourth-order valence-electron chi connectivity index (χ4n) is 2.96. The molecule has 0 N–H and O–H groups in total. The number of para-hydroxylation sites is 1. The third-order valence-electron chi connectivity index (χ3n) is 4.40. The highest BCUT2D eigenvalue weighted by atomic mass is 16.6. The molecule has 0 fully saturated rings. The van der Waals surface area contributed by atoms with Gasteiger partial charge in [-0.25, -0.2) is 0 Å². The van der Waals surface area contributed by atoms with Crippen molar-refractivity contribution < 1.29 is 14.5 Å². The van der Waals surface area contributed by atoms with Crippen LogP contribution in [-0.4, -0.2) is 24.5 Å². The van der Waals surface area contributed by atoms with E-state index in [2.05, 4.69) is 0 Å². The van der Waals surface area contributed by atoms with Gasteiger partial charge in [0.15, 0.2) is 5.75 Å². The summed E-state index contributed by atoms with van der Waals surface area (Å²) in [5.74, 6) is -0.176. The van der Waals surface area contributed by atoms with Gasteiger partial charge in [-0.3, -0.25) is 14.9 Å². The average molecular weight is 376 g/mol. The van der Waals surface area contributed by atoms with E-state index < -0.39 is 4.92 Å². The molecule has 0 unspecified atom stereocenters. The second kappa shape index (κ2) is 8.81. The van der Waals surface area contributed by atoms with Gasteiger partial charge in [-0.1, -0.05) is 48.5 Å². The molecule has 6 nitrogen and oxygen atoms in total. The Morgan fingerprint density at radius 3 is 2.25 bits per heavy atom. The minimum atomic E-state index is -0.549. The quantitative estimate of drug-likeness (QED) is 0.450. The predicted octanol–water partition coefficient (Wildman–Crippen LogP) is 4.49. The summed E-state index contributed by atoms with van der Waals surface area (Å²) in [6.07, 6.45) is 0.666. The van der Waals surface area contributed by atoms with Crippen LogP contribution in [0.5, 0.6) is 5.75 Å². The lowest BCUT2D eigenvalue weighted by atomic mass is 10.1. The first-order chi connectivity index (χ1) is 13.6. The number of hydrogen-bond donors (Lipinski definition) is 0. The lowest BCUT2D eigenvalue weighted by Crippen LogP contribution is -2.33. The van der Waals surface area contributed by atoms with Crippen LogP contribution in [0.2, 0.25) is 0 Å². The number of hydrogen-bond acceptors (Lipinski definition) is 4. The topological polar surface area (TPSA) is 72.7 Å². The molecular formula is C22H20N2O4. The molecule has 0 atom stereocenters. The molecule has 0 radical (unpaired) electrons. The Morgan fingerprint density at radius 2 is 1.64 bits per heavy atom. The van der Waals surface area contributed by atoms with E-state index in [-0.39, 0.29) is 22.9 Å². The highest BCUT2D eigenvalue weighted by Gasteiger charge is 2.22. The second-order valence-corrected chi connectivity index (χ2v) is 6.17. The zero-order valence-electron chi connectivity index (χ0n) is 15.4. The van der Waals surface area contributed by atoms with Crippen molar-refractivity contribution in [2.24, 2.45) is 0 Å². The fourth-order valence-corrected chi connectivity index (χ4v) is 2.96. The number of nitro groups is 1. The molecule has 0 aliphatic carbocycles. The van der Waals surface area contributed by atoms with E-state index in [0.717, 1.165) is 11.3 Å². The molecule has 28 heavy (non-hydrogen) atoms. The molecule has 0 heterocycles. The zero-order chi connectivity index (χ0) is 19.9. The monoisotopic (exact) mass is 376 g/mol. The molecule has 3 aromatic rings. The molecule has 0 bridgehead atoms.